The lowest BCUT2D eigenvalue weighted by Gasteiger charge is -2.18. The van der Waals surface area contributed by atoms with Crippen LogP contribution in [0.5, 0.6) is 5.75 Å². The number of hydrogen-bond acceptors (Lipinski definition) is 4. The molecule has 8 heteroatoms. The SMILES string of the molecule is CCC(C(N)=S)S(=O)(=O)Nc1cc(C)c(Cl)cc1OC. The summed E-state index contributed by atoms with van der Waals surface area (Å²) < 4.78 is 32.1. The number of anilines is 1. The third-order valence-corrected chi connectivity index (χ3v) is 5.48. The minimum atomic E-state index is -3.73. The summed E-state index contributed by atoms with van der Waals surface area (Å²) >= 11 is 10.8. The second-order valence-electron chi connectivity index (χ2n) is 4.25. The van der Waals surface area contributed by atoms with E-state index in [9.17, 15) is 8.42 Å². The van der Waals surface area contributed by atoms with Gasteiger partial charge in [-0.2, -0.15) is 0 Å². The molecule has 20 heavy (non-hydrogen) atoms. The molecule has 1 aromatic carbocycles. The number of sulfonamides is 1. The normalized spacial score (nSPS) is 12.8. The first-order valence-corrected chi connectivity index (χ1v) is 8.21. The van der Waals surface area contributed by atoms with E-state index in [-0.39, 0.29) is 4.99 Å². The van der Waals surface area contributed by atoms with Gasteiger partial charge in [0.1, 0.15) is 11.0 Å². The van der Waals surface area contributed by atoms with Crippen LogP contribution < -0.4 is 15.2 Å². The van der Waals surface area contributed by atoms with Crippen molar-refractivity contribution in [1.82, 2.24) is 0 Å². The van der Waals surface area contributed by atoms with Gasteiger partial charge in [0.2, 0.25) is 10.0 Å². The molecule has 0 saturated heterocycles. The van der Waals surface area contributed by atoms with E-state index >= 15 is 0 Å². The minimum Gasteiger partial charge on any atom is -0.495 e. The average Bonchev–Trinajstić information content (AvgIpc) is 2.32. The predicted octanol–water partition coefficient (Wildman–Crippen LogP) is 2.46. The Balaban J connectivity index is 3.21. The summed E-state index contributed by atoms with van der Waals surface area (Å²) in [6, 6.07) is 3.15. The van der Waals surface area contributed by atoms with Crippen LogP contribution in [0.3, 0.4) is 0 Å². The van der Waals surface area contributed by atoms with Crippen molar-refractivity contribution in [2.45, 2.75) is 25.5 Å². The van der Waals surface area contributed by atoms with Crippen LogP contribution in [0, 0.1) is 6.92 Å². The molecule has 0 aliphatic rings. The maximum Gasteiger partial charge on any atom is 0.242 e. The van der Waals surface area contributed by atoms with Crippen molar-refractivity contribution >= 4 is 44.5 Å². The quantitative estimate of drug-likeness (QED) is 0.780. The summed E-state index contributed by atoms with van der Waals surface area (Å²) in [5.74, 6) is 0.335. The van der Waals surface area contributed by atoms with Gasteiger partial charge in [-0.25, -0.2) is 8.42 Å². The van der Waals surface area contributed by atoms with Crippen LogP contribution in [-0.4, -0.2) is 25.8 Å². The van der Waals surface area contributed by atoms with Gasteiger partial charge in [0.25, 0.3) is 0 Å². The zero-order valence-electron chi connectivity index (χ0n) is 11.4. The maximum absolute atomic E-state index is 12.3. The number of ether oxygens (including phenoxy) is 1. The molecule has 0 amide bonds. The van der Waals surface area contributed by atoms with Crippen LogP contribution in [0.2, 0.25) is 5.02 Å². The Morgan fingerprint density at radius 2 is 2.15 bits per heavy atom. The fraction of sp³-hybridized carbons (Fsp3) is 0.417. The Kier molecular flexibility index (Phi) is 5.61. The Morgan fingerprint density at radius 3 is 2.60 bits per heavy atom. The molecule has 112 valence electrons. The van der Waals surface area contributed by atoms with Crippen molar-refractivity contribution in [2.75, 3.05) is 11.8 Å². The molecule has 1 unspecified atom stereocenters. The monoisotopic (exact) mass is 336 g/mol. The first-order chi connectivity index (χ1) is 9.22. The van der Waals surface area contributed by atoms with Crippen LogP contribution >= 0.6 is 23.8 Å². The average molecular weight is 337 g/mol. The topological polar surface area (TPSA) is 81.4 Å². The van der Waals surface area contributed by atoms with E-state index in [1.807, 2.05) is 0 Å². The van der Waals surface area contributed by atoms with Gasteiger partial charge in [0.15, 0.2) is 0 Å². The zero-order chi connectivity index (χ0) is 15.5. The highest BCUT2D eigenvalue weighted by Gasteiger charge is 2.27. The smallest absolute Gasteiger partial charge is 0.242 e. The lowest BCUT2D eigenvalue weighted by molar-refractivity contribution is 0.417. The molecule has 1 rings (SSSR count). The van der Waals surface area contributed by atoms with Crippen LogP contribution in [-0.2, 0) is 10.0 Å². The lowest BCUT2D eigenvalue weighted by Crippen LogP contribution is -2.37. The summed E-state index contributed by atoms with van der Waals surface area (Å²) in [7, 11) is -2.29. The van der Waals surface area contributed by atoms with Crippen LogP contribution in [0.15, 0.2) is 12.1 Å². The van der Waals surface area contributed by atoms with Crippen LogP contribution in [0.25, 0.3) is 0 Å². The molecular weight excluding hydrogens is 320 g/mol. The molecule has 0 aromatic heterocycles. The highest BCUT2D eigenvalue weighted by molar-refractivity contribution is 7.95. The van der Waals surface area contributed by atoms with Crippen molar-refractivity contribution in [3.05, 3.63) is 22.7 Å². The van der Waals surface area contributed by atoms with E-state index in [2.05, 4.69) is 4.72 Å². The molecule has 0 heterocycles. The minimum absolute atomic E-state index is 0.0651. The Labute approximate surface area is 129 Å². The third kappa shape index (κ3) is 3.74. The van der Waals surface area contributed by atoms with Gasteiger partial charge in [0.05, 0.1) is 17.8 Å². The van der Waals surface area contributed by atoms with Crippen molar-refractivity contribution in [2.24, 2.45) is 5.73 Å². The van der Waals surface area contributed by atoms with Crippen LogP contribution in [0.4, 0.5) is 5.69 Å². The fourth-order valence-electron chi connectivity index (χ4n) is 1.71. The molecular formula is C12H17ClN2O3S2. The Morgan fingerprint density at radius 1 is 1.55 bits per heavy atom. The maximum atomic E-state index is 12.3. The van der Waals surface area contributed by atoms with E-state index in [1.165, 1.54) is 7.11 Å². The number of halogens is 1. The number of nitrogens with two attached hydrogens (primary N) is 1. The van der Waals surface area contributed by atoms with Gasteiger partial charge < -0.3 is 10.5 Å². The van der Waals surface area contributed by atoms with Crippen molar-refractivity contribution < 1.29 is 13.2 Å². The summed E-state index contributed by atoms with van der Waals surface area (Å²) in [5, 5.41) is -0.440. The number of rotatable bonds is 6. The van der Waals surface area contributed by atoms with Crippen LogP contribution in [0.1, 0.15) is 18.9 Å². The molecule has 0 bridgehead atoms. The highest BCUT2D eigenvalue weighted by atomic mass is 35.5. The number of thiocarbonyl (C=S) groups is 1. The van der Waals surface area contributed by atoms with E-state index in [1.54, 1.807) is 26.0 Å². The van der Waals surface area contributed by atoms with Gasteiger partial charge in [-0.15, -0.1) is 0 Å². The summed E-state index contributed by atoms with van der Waals surface area (Å²) in [6.07, 6.45) is 0.291. The van der Waals surface area contributed by atoms with Crippen molar-refractivity contribution in [3.8, 4) is 5.75 Å². The molecule has 1 aromatic rings. The van der Waals surface area contributed by atoms with E-state index in [0.717, 1.165) is 5.56 Å². The van der Waals surface area contributed by atoms with Gasteiger partial charge in [-0.3, -0.25) is 4.72 Å². The third-order valence-electron chi connectivity index (χ3n) is 2.80. The van der Waals surface area contributed by atoms with Gasteiger partial charge in [0, 0.05) is 11.1 Å². The molecule has 0 saturated carbocycles. The standard InChI is InChI=1S/C12H17ClN2O3S2/c1-4-11(12(14)19)20(16,17)15-9-5-7(2)8(13)6-10(9)18-3/h5-6,11,15H,4H2,1-3H3,(H2,14,19). The number of benzene rings is 1. The van der Waals surface area contributed by atoms with Gasteiger partial charge >= 0.3 is 0 Å². The molecule has 0 radical (unpaired) electrons. The number of methoxy groups -OCH3 is 1. The summed E-state index contributed by atoms with van der Waals surface area (Å²) in [6.45, 7) is 3.47. The predicted molar refractivity (Wildman–Crippen MR) is 86.1 cm³/mol. The highest BCUT2D eigenvalue weighted by Crippen LogP contribution is 2.32. The largest absolute Gasteiger partial charge is 0.495 e. The number of hydrogen-bond donors (Lipinski definition) is 2. The Bertz CT molecular complexity index is 617. The molecule has 5 nitrogen and oxygen atoms in total. The second-order valence-corrected chi connectivity index (χ2v) is 6.99. The zero-order valence-corrected chi connectivity index (χ0v) is 13.8. The fourth-order valence-corrected chi connectivity index (χ4v) is 3.76. The molecule has 3 N–H and O–H groups in total. The first kappa shape index (κ1) is 17.0. The number of nitrogens with one attached hydrogen (secondary N) is 1. The molecule has 0 aliphatic carbocycles. The van der Waals surface area contributed by atoms with Crippen molar-refractivity contribution in [1.29, 1.82) is 0 Å². The first-order valence-electron chi connectivity index (χ1n) is 5.88. The molecule has 0 spiro atoms. The van der Waals surface area contributed by atoms with E-state index in [4.69, 9.17) is 34.3 Å². The van der Waals surface area contributed by atoms with Crippen molar-refractivity contribution in [3.63, 3.8) is 0 Å². The molecule has 0 aliphatic heterocycles. The van der Waals surface area contributed by atoms with E-state index < -0.39 is 15.3 Å². The van der Waals surface area contributed by atoms with Gasteiger partial charge in [-0.1, -0.05) is 30.7 Å². The number of aryl methyl sites for hydroxylation is 1. The molecule has 0 fully saturated rings. The van der Waals surface area contributed by atoms with Gasteiger partial charge in [-0.05, 0) is 25.0 Å². The summed E-state index contributed by atoms with van der Waals surface area (Å²) in [5.41, 5.74) is 6.51. The lowest BCUT2D eigenvalue weighted by atomic mass is 10.2. The molecule has 1 atom stereocenters. The van der Waals surface area contributed by atoms with E-state index in [0.29, 0.717) is 22.9 Å². The Hall–Kier alpha value is -1.05. The second kappa shape index (κ2) is 6.60. The summed E-state index contributed by atoms with van der Waals surface area (Å²) in [4.78, 5) is -0.0651.